The molecule has 21 heavy (non-hydrogen) atoms. The molecule has 0 saturated carbocycles. The molecule has 0 aromatic heterocycles. The number of hydrogen-bond acceptors (Lipinski definition) is 3. The third-order valence-corrected chi connectivity index (χ3v) is 5.46. The van der Waals surface area contributed by atoms with E-state index in [1.165, 1.54) is 4.31 Å². The van der Waals surface area contributed by atoms with E-state index < -0.39 is 22.1 Å². The molecule has 0 radical (unpaired) electrons. The van der Waals surface area contributed by atoms with Crippen LogP contribution in [-0.2, 0) is 15.0 Å². The molecule has 0 amide bonds. The van der Waals surface area contributed by atoms with Crippen molar-refractivity contribution in [2.75, 3.05) is 13.1 Å². The first-order valence-electron chi connectivity index (χ1n) is 6.95. The number of hydrogen-bond donors (Lipinski definition) is 2. The highest BCUT2D eigenvalue weighted by Crippen LogP contribution is 2.21. The summed E-state index contributed by atoms with van der Waals surface area (Å²) in [5.41, 5.74) is 0.890. The van der Waals surface area contributed by atoms with E-state index in [0.717, 1.165) is 5.56 Å². The molecule has 0 aliphatic carbocycles. The van der Waals surface area contributed by atoms with Crippen molar-refractivity contribution >= 4 is 16.2 Å². The van der Waals surface area contributed by atoms with Gasteiger partial charge in [-0.2, -0.15) is 17.4 Å². The summed E-state index contributed by atoms with van der Waals surface area (Å²) in [5, 5.41) is 8.94. The third kappa shape index (κ3) is 4.03. The monoisotopic (exact) mass is 312 g/mol. The van der Waals surface area contributed by atoms with E-state index in [2.05, 4.69) is 4.72 Å². The molecule has 1 aromatic rings. The number of carboxylic acids is 1. The van der Waals surface area contributed by atoms with Gasteiger partial charge < -0.3 is 5.11 Å². The molecular weight excluding hydrogens is 292 g/mol. The molecule has 6 nitrogen and oxygen atoms in total. The summed E-state index contributed by atoms with van der Waals surface area (Å²) in [6.07, 6.45) is 0.714. The van der Waals surface area contributed by atoms with Gasteiger partial charge in [0.25, 0.3) is 10.2 Å². The summed E-state index contributed by atoms with van der Waals surface area (Å²) >= 11 is 0. The molecule has 2 rings (SSSR count). The molecule has 7 heteroatoms. The van der Waals surface area contributed by atoms with Crippen LogP contribution in [0.4, 0.5) is 0 Å². The highest BCUT2D eigenvalue weighted by Gasteiger charge is 2.31. The first-order chi connectivity index (χ1) is 9.90. The van der Waals surface area contributed by atoms with E-state index >= 15 is 0 Å². The molecule has 1 saturated heterocycles. The highest BCUT2D eigenvalue weighted by molar-refractivity contribution is 7.87. The SMILES string of the molecule is C[C@H](NS(=O)(=O)N1CCC(C(=O)O)CC1)c1ccccc1. The van der Waals surface area contributed by atoms with E-state index in [9.17, 15) is 13.2 Å². The maximum Gasteiger partial charge on any atom is 0.306 e. The number of nitrogens with zero attached hydrogens (tertiary/aromatic N) is 1. The lowest BCUT2D eigenvalue weighted by molar-refractivity contribution is -0.142. The molecule has 0 bridgehead atoms. The first kappa shape index (κ1) is 15.9. The Morgan fingerprint density at radius 2 is 1.86 bits per heavy atom. The van der Waals surface area contributed by atoms with Crippen molar-refractivity contribution in [2.45, 2.75) is 25.8 Å². The van der Waals surface area contributed by atoms with Crippen LogP contribution in [-0.4, -0.2) is 36.9 Å². The number of rotatable bonds is 5. The lowest BCUT2D eigenvalue weighted by Gasteiger charge is -2.30. The van der Waals surface area contributed by atoms with Crippen LogP contribution in [0.3, 0.4) is 0 Å². The van der Waals surface area contributed by atoms with E-state index in [0.29, 0.717) is 12.8 Å². The van der Waals surface area contributed by atoms with Gasteiger partial charge >= 0.3 is 5.97 Å². The molecule has 2 N–H and O–H groups in total. The molecule has 1 atom stereocenters. The Morgan fingerprint density at radius 3 is 2.38 bits per heavy atom. The molecule has 0 unspecified atom stereocenters. The maximum atomic E-state index is 12.3. The van der Waals surface area contributed by atoms with Gasteiger partial charge in [-0.1, -0.05) is 30.3 Å². The molecule has 116 valence electrons. The van der Waals surface area contributed by atoms with Crippen LogP contribution in [0.15, 0.2) is 30.3 Å². The van der Waals surface area contributed by atoms with Gasteiger partial charge in [0.1, 0.15) is 0 Å². The van der Waals surface area contributed by atoms with Gasteiger partial charge in [0.15, 0.2) is 0 Å². The summed E-state index contributed by atoms with van der Waals surface area (Å²) in [7, 11) is -3.59. The van der Waals surface area contributed by atoms with Crippen LogP contribution in [0.25, 0.3) is 0 Å². The Hall–Kier alpha value is -1.44. The topological polar surface area (TPSA) is 86.7 Å². The lowest BCUT2D eigenvalue weighted by Crippen LogP contribution is -2.46. The average molecular weight is 312 g/mol. The minimum Gasteiger partial charge on any atom is -0.481 e. The van der Waals surface area contributed by atoms with Crippen LogP contribution >= 0.6 is 0 Å². The van der Waals surface area contributed by atoms with Gasteiger partial charge in [-0.15, -0.1) is 0 Å². The largest absolute Gasteiger partial charge is 0.481 e. The smallest absolute Gasteiger partial charge is 0.306 e. The molecule has 0 spiro atoms. The van der Waals surface area contributed by atoms with Crippen LogP contribution in [0.5, 0.6) is 0 Å². The number of piperidine rings is 1. The fraction of sp³-hybridized carbons (Fsp3) is 0.500. The number of carboxylic acid groups (broad SMARTS) is 1. The van der Waals surface area contributed by atoms with Gasteiger partial charge in [-0.3, -0.25) is 4.79 Å². The second kappa shape index (κ2) is 6.55. The Labute approximate surface area is 125 Å². The Morgan fingerprint density at radius 1 is 1.29 bits per heavy atom. The molecular formula is C14H20N2O4S. The zero-order chi connectivity index (χ0) is 15.5. The van der Waals surface area contributed by atoms with Gasteiger partial charge in [-0.25, -0.2) is 0 Å². The second-order valence-electron chi connectivity index (χ2n) is 5.27. The zero-order valence-corrected chi connectivity index (χ0v) is 12.7. The molecule has 1 aliphatic rings. The fourth-order valence-electron chi connectivity index (χ4n) is 2.45. The van der Waals surface area contributed by atoms with Crippen molar-refractivity contribution in [3.63, 3.8) is 0 Å². The zero-order valence-electron chi connectivity index (χ0n) is 11.9. The van der Waals surface area contributed by atoms with E-state index in [1.807, 2.05) is 30.3 Å². The lowest BCUT2D eigenvalue weighted by atomic mass is 9.99. The summed E-state index contributed by atoms with van der Waals surface area (Å²) in [6.45, 7) is 2.28. The molecule has 1 aliphatic heterocycles. The average Bonchev–Trinajstić information content (AvgIpc) is 2.48. The van der Waals surface area contributed by atoms with Crippen molar-refractivity contribution in [1.29, 1.82) is 0 Å². The highest BCUT2D eigenvalue weighted by atomic mass is 32.2. The number of nitrogens with one attached hydrogen (secondary N) is 1. The normalized spacial score (nSPS) is 19.3. The van der Waals surface area contributed by atoms with E-state index in [1.54, 1.807) is 6.92 Å². The van der Waals surface area contributed by atoms with E-state index in [4.69, 9.17) is 5.11 Å². The Balaban J connectivity index is 1.98. The quantitative estimate of drug-likeness (QED) is 0.860. The third-order valence-electron chi connectivity index (χ3n) is 3.77. The van der Waals surface area contributed by atoms with Crippen molar-refractivity contribution in [3.05, 3.63) is 35.9 Å². The second-order valence-corrected chi connectivity index (χ2v) is 6.97. The fourth-order valence-corrected chi connectivity index (χ4v) is 3.87. The van der Waals surface area contributed by atoms with E-state index in [-0.39, 0.29) is 19.1 Å². The number of carbonyl (C=O) groups is 1. The minimum atomic E-state index is -3.59. The van der Waals surface area contributed by atoms with Crippen molar-refractivity contribution in [3.8, 4) is 0 Å². The summed E-state index contributed by atoms with van der Waals surface area (Å²) in [6, 6.07) is 9.00. The molecule has 1 fully saturated rings. The summed E-state index contributed by atoms with van der Waals surface area (Å²) in [5.74, 6) is -1.29. The Kier molecular flexibility index (Phi) is 4.97. The summed E-state index contributed by atoms with van der Waals surface area (Å²) in [4.78, 5) is 10.9. The van der Waals surface area contributed by atoms with Gasteiger partial charge in [0, 0.05) is 19.1 Å². The first-order valence-corrected chi connectivity index (χ1v) is 8.39. The predicted octanol–water partition coefficient (Wildman–Crippen LogP) is 1.38. The van der Waals surface area contributed by atoms with Crippen LogP contribution < -0.4 is 4.72 Å². The van der Waals surface area contributed by atoms with Crippen LogP contribution in [0.1, 0.15) is 31.4 Å². The predicted molar refractivity (Wildman–Crippen MR) is 78.8 cm³/mol. The number of benzene rings is 1. The molecule has 1 heterocycles. The Bertz CT molecular complexity index is 580. The van der Waals surface area contributed by atoms with Crippen molar-refractivity contribution < 1.29 is 18.3 Å². The van der Waals surface area contributed by atoms with Gasteiger partial charge in [0.2, 0.25) is 0 Å². The summed E-state index contributed by atoms with van der Waals surface area (Å²) < 4.78 is 28.6. The molecule has 1 aromatic carbocycles. The maximum absolute atomic E-state index is 12.3. The van der Waals surface area contributed by atoms with Crippen LogP contribution in [0.2, 0.25) is 0 Å². The number of aliphatic carboxylic acids is 1. The van der Waals surface area contributed by atoms with Crippen molar-refractivity contribution in [2.24, 2.45) is 5.92 Å². The standard InChI is InChI=1S/C14H20N2O4S/c1-11(12-5-3-2-4-6-12)15-21(19,20)16-9-7-13(8-10-16)14(17)18/h2-6,11,13,15H,7-10H2,1H3,(H,17,18)/t11-/m0/s1. The van der Waals surface area contributed by atoms with Crippen LogP contribution in [0, 0.1) is 5.92 Å². The minimum absolute atomic E-state index is 0.244. The van der Waals surface area contributed by atoms with Gasteiger partial charge in [-0.05, 0) is 25.3 Å². The van der Waals surface area contributed by atoms with Gasteiger partial charge in [0.05, 0.1) is 5.92 Å². The van der Waals surface area contributed by atoms with Crippen molar-refractivity contribution in [1.82, 2.24) is 9.03 Å².